The number of rotatable bonds is 4. The van der Waals surface area contributed by atoms with Crippen LogP contribution in [0.4, 0.5) is 5.82 Å². The van der Waals surface area contributed by atoms with Crippen LogP contribution in [0.3, 0.4) is 0 Å². The molecular weight excluding hydrogens is 246 g/mol. The number of hydrogen-bond donors (Lipinski definition) is 1. The molecule has 0 spiro atoms. The summed E-state index contributed by atoms with van der Waals surface area (Å²) in [5, 5.41) is 4.81. The number of nitrogen functional groups attached to an aromatic ring is 1. The lowest BCUT2D eigenvalue weighted by Crippen LogP contribution is -2.04. The SMILES string of the molecule is COc1ccccc1-n1ncc(SC(C)C)c1N. The fourth-order valence-corrected chi connectivity index (χ4v) is 2.51. The van der Waals surface area contributed by atoms with E-state index in [4.69, 9.17) is 10.5 Å². The highest BCUT2D eigenvalue weighted by Gasteiger charge is 2.13. The summed E-state index contributed by atoms with van der Waals surface area (Å²) in [5.74, 6) is 1.41. The van der Waals surface area contributed by atoms with E-state index in [1.807, 2.05) is 24.3 Å². The van der Waals surface area contributed by atoms with Crippen LogP contribution < -0.4 is 10.5 Å². The molecule has 0 bridgehead atoms. The smallest absolute Gasteiger partial charge is 0.144 e. The molecule has 0 aliphatic heterocycles. The fourth-order valence-electron chi connectivity index (χ4n) is 1.68. The monoisotopic (exact) mass is 263 g/mol. The van der Waals surface area contributed by atoms with E-state index < -0.39 is 0 Å². The van der Waals surface area contributed by atoms with E-state index in [0.717, 1.165) is 16.3 Å². The standard InChI is InChI=1S/C13H17N3OS/c1-9(2)18-12-8-15-16(13(12)14)10-6-4-5-7-11(10)17-3/h4-9H,14H2,1-3H3. The minimum atomic E-state index is 0.475. The second-order valence-corrected chi connectivity index (χ2v) is 5.76. The van der Waals surface area contributed by atoms with Gasteiger partial charge < -0.3 is 10.5 Å². The molecule has 1 heterocycles. The van der Waals surface area contributed by atoms with E-state index in [0.29, 0.717) is 11.1 Å². The first kappa shape index (κ1) is 12.8. The highest BCUT2D eigenvalue weighted by molar-refractivity contribution is 8.00. The zero-order valence-corrected chi connectivity index (χ0v) is 11.6. The molecule has 0 saturated heterocycles. The maximum atomic E-state index is 6.13. The van der Waals surface area contributed by atoms with Crippen molar-refractivity contribution in [2.24, 2.45) is 0 Å². The number of anilines is 1. The van der Waals surface area contributed by atoms with Gasteiger partial charge in [0.1, 0.15) is 17.3 Å². The van der Waals surface area contributed by atoms with Crippen LogP contribution in [0.1, 0.15) is 13.8 Å². The molecule has 2 aromatic rings. The van der Waals surface area contributed by atoms with Crippen molar-refractivity contribution >= 4 is 17.6 Å². The van der Waals surface area contributed by atoms with Crippen molar-refractivity contribution in [1.29, 1.82) is 0 Å². The molecular formula is C13H17N3OS. The van der Waals surface area contributed by atoms with Gasteiger partial charge in [-0.25, -0.2) is 4.68 Å². The Hall–Kier alpha value is -1.62. The second-order valence-electron chi connectivity index (χ2n) is 4.14. The second kappa shape index (κ2) is 5.35. The third-order valence-electron chi connectivity index (χ3n) is 2.45. The highest BCUT2D eigenvalue weighted by Crippen LogP contribution is 2.32. The van der Waals surface area contributed by atoms with Crippen molar-refractivity contribution in [1.82, 2.24) is 9.78 Å². The van der Waals surface area contributed by atoms with Gasteiger partial charge in [-0.2, -0.15) is 5.10 Å². The number of benzene rings is 1. The number of nitrogens with two attached hydrogens (primary N) is 1. The Morgan fingerprint density at radius 2 is 2.06 bits per heavy atom. The summed E-state index contributed by atoms with van der Waals surface area (Å²) in [5.41, 5.74) is 6.99. The predicted molar refractivity (Wildman–Crippen MR) is 75.5 cm³/mol. The van der Waals surface area contributed by atoms with Crippen LogP contribution in [0.5, 0.6) is 5.75 Å². The molecule has 0 unspecified atom stereocenters. The summed E-state index contributed by atoms with van der Waals surface area (Å²) in [4.78, 5) is 0.996. The number of hydrogen-bond acceptors (Lipinski definition) is 4. The van der Waals surface area contributed by atoms with Crippen molar-refractivity contribution < 1.29 is 4.74 Å². The Labute approximate surface area is 111 Å². The van der Waals surface area contributed by atoms with Gasteiger partial charge in [-0.15, -0.1) is 11.8 Å². The molecule has 1 aromatic heterocycles. The molecule has 0 amide bonds. The van der Waals surface area contributed by atoms with Gasteiger partial charge in [-0.05, 0) is 12.1 Å². The number of para-hydroxylation sites is 2. The van der Waals surface area contributed by atoms with Crippen LogP contribution in [0, 0.1) is 0 Å². The minimum Gasteiger partial charge on any atom is -0.494 e. The Bertz CT molecular complexity index is 537. The Morgan fingerprint density at radius 3 is 2.72 bits per heavy atom. The van der Waals surface area contributed by atoms with E-state index in [9.17, 15) is 0 Å². The quantitative estimate of drug-likeness (QED) is 0.862. The first-order valence-electron chi connectivity index (χ1n) is 5.77. The van der Waals surface area contributed by atoms with Gasteiger partial charge in [0.2, 0.25) is 0 Å². The molecule has 0 saturated carbocycles. The van der Waals surface area contributed by atoms with E-state index in [1.54, 1.807) is 29.8 Å². The average Bonchev–Trinajstić information content (AvgIpc) is 2.70. The molecule has 96 valence electrons. The Morgan fingerprint density at radius 1 is 1.33 bits per heavy atom. The number of ether oxygens (including phenoxy) is 1. The molecule has 0 aliphatic rings. The Balaban J connectivity index is 2.42. The maximum Gasteiger partial charge on any atom is 0.144 e. The zero-order chi connectivity index (χ0) is 13.1. The summed E-state index contributed by atoms with van der Waals surface area (Å²) in [6.45, 7) is 4.26. The van der Waals surface area contributed by atoms with Crippen LogP contribution in [0.25, 0.3) is 5.69 Å². The molecule has 1 aromatic carbocycles. The third-order valence-corrected chi connectivity index (χ3v) is 3.49. The largest absolute Gasteiger partial charge is 0.494 e. The van der Waals surface area contributed by atoms with Gasteiger partial charge in [0.25, 0.3) is 0 Å². The van der Waals surface area contributed by atoms with Crippen molar-refractivity contribution in [3.05, 3.63) is 30.5 Å². The lowest BCUT2D eigenvalue weighted by molar-refractivity contribution is 0.412. The van der Waals surface area contributed by atoms with Crippen LogP contribution in [0.15, 0.2) is 35.4 Å². The van der Waals surface area contributed by atoms with Gasteiger partial charge in [-0.3, -0.25) is 0 Å². The Kier molecular flexibility index (Phi) is 3.81. The number of methoxy groups -OCH3 is 1. The first-order valence-corrected chi connectivity index (χ1v) is 6.65. The summed E-state index contributed by atoms with van der Waals surface area (Å²) in [6.07, 6.45) is 1.80. The van der Waals surface area contributed by atoms with Gasteiger partial charge >= 0.3 is 0 Å². The summed E-state index contributed by atoms with van der Waals surface area (Å²) in [6, 6.07) is 7.69. The summed E-state index contributed by atoms with van der Waals surface area (Å²) < 4.78 is 7.03. The van der Waals surface area contributed by atoms with Gasteiger partial charge in [0.05, 0.1) is 18.2 Å². The molecule has 5 heteroatoms. The van der Waals surface area contributed by atoms with E-state index in [2.05, 4.69) is 18.9 Å². The lowest BCUT2D eigenvalue weighted by atomic mass is 10.3. The van der Waals surface area contributed by atoms with Crippen LogP contribution in [-0.4, -0.2) is 22.1 Å². The van der Waals surface area contributed by atoms with Crippen molar-refractivity contribution in [3.63, 3.8) is 0 Å². The first-order chi connectivity index (χ1) is 8.63. The van der Waals surface area contributed by atoms with Crippen molar-refractivity contribution in [2.45, 2.75) is 24.0 Å². The molecule has 0 radical (unpaired) electrons. The van der Waals surface area contributed by atoms with E-state index in [1.165, 1.54) is 0 Å². The third kappa shape index (κ3) is 2.46. The fraction of sp³-hybridized carbons (Fsp3) is 0.308. The van der Waals surface area contributed by atoms with Crippen molar-refractivity contribution in [3.8, 4) is 11.4 Å². The maximum absolute atomic E-state index is 6.13. The number of thioether (sulfide) groups is 1. The summed E-state index contributed by atoms with van der Waals surface area (Å²) >= 11 is 1.70. The normalized spacial score (nSPS) is 10.9. The van der Waals surface area contributed by atoms with Gasteiger partial charge in [0, 0.05) is 5.25 Å². The minimum absolute atomic E-state index is 0.475. The van der Waals surface area contributed by atoms with Gasteiger partial charge in [-0.1, -0.05) is 26.0 Å². The molecule has 0 aliphatic carbocycles. The predicted octanol–water partition coefficient (Wildman–Crippen LogP) is 2.96. The zero-order valence-electron chi connectivity index (χ0n) is 10.8. The topological polar surface area (TPSA) is 53.1 Å². The molecule has 2 N–H and O–H groups in total. The molecule has 2 rings (SSSR count). The lowest BCUT2D eigenvalue weighted by Gasteiger charge is -2.10. The van der Waals surface area contributed by atoms with Crippen molar-refractivity contribution in [2.75, 3.05) is 12.8 Å². The van der Waals surface area contributed by atoms with Gasteiger partial charge in [0.15, 0.2) is 0 Å². The van der Waals surface area contributed by atoms with Crippen LogP contribution in [-0.2, 0) is 0 Å². The molecule has 18 heavy (non-hydrogen) atoms. The van der Waals surface area contributed by atoms with E-state index in [-0.39, 0.29) is 0 Å². The molecule has 0 fully saturated rings. The summed E-state index contributed by atoms with van der Waals surface area (Å²) in [7, 11) is 1.64. The molecule has 0 atom stereocenters. The number of nitrogens with zero attached hydrogens (tertiary/aromatic N) is 2. The van der Waals surface area contributed by atoms with E-state index >= 15 is 0 Å². The van der Waals surface area contributed by atoms with Crippen LogP contribution in [0.2, 0.25) is 0 Å². The number of aromatic nitrogens is 2. The molecule has 4 nitrogen and oxygen atoms in total. The highest BCUT2D eigenvalue weighted by atomic mass is 32.2. The average molecular weight is 263 g/mol. The van der Waals surface area contributed by atoms with Crippen LogP contribution >= 0.6 is 11.8 Å².